The van der Waals surface area contributed by atoms with E-state index in [0.29, 0.717) is 24.8 Å². The monoisotopic (exact) mass is 300 g/mol. The molecule has 0 spiro atoms. The van der Waals surface area contributed by atoms with E-state index < -0.39 is 11.3 Å². The predicted molar refractivity (Wildman–Crippen MR) is 76.3 cm³/mol. The molecule has 0 aliphatic carbocycles. The second kappa shape index (κ2) is 7.85. The van der Waals surface area contributed by atoms with Crippen LogP contribution in [0.4, 0.5) is 4.79 Å². The quantitative estimate of drug-likeness (QED) is 0.631. The van der Waals surface area contributed by atoms with Gasteiger partial charge in [-0.2, -0.15) is 0 Å². The van der Waals surface area contributed by atoms with Crippen LogP contribution in [0.15, 0.2) is 5.16 Å². The Morgan fingerprint density at radius 3 is 2.75 bits per heavy atom. The highest BCUT2D eigenvalue weighted by atomic mass is 32.2. The molecule has 1 aromatic heterocycles. The van der Waals surface area contributed by atoms with Crippen LogP contribution in [0.25, 0.3) is 0 Å². The first-order valence-electron chi connectivity index (χ1n) is 6.34. The van der Waals surface area contributed by atoms with Gasteiger partial charge in [0, 0.05) is 19.6 Å². The van der Waals surface area contributed by atoms with E-state index in [0.717, 1.165) is 5.82 Å². The van der Waals surface area contributed by atoms with Gasteiger partial charge in [0.15, 0.2) is 5.16 Å². The summed E-state index contributed by atoms with van der Waals surface area (Å²) in [6.45, 7) is 6.82. The molecule has 4 N–H and O–H groups in total. The highest BCUT2D eigenvalue weighted by Gasteiger charge is 2.20. The standard InChI is InChI=1S/C11H20N6O2S/c1-4-13-10(19)14-9(18)7(2)20-11-16-15-8(3)17(11)6-5-12/h7H,4-6,12H2,1-3H3,(H2,13,14,18,19). The first kappa shape index (κ1) is 16.4. The second-order valence-electron chi connectivity index (χ2n) is 4.08. The van der Waals surface area contributed by atoms with Gasteiger partial charge in [0.1, 0.15) is 5.82 Å². The van der Waals surface area contributed by atoms with Crippen LogP contribution in [-0.4, -0.2) is 45.0 Å². The molecule has 0 radical (unpaired) electrons. The van der Waals surface area contributed by atoms with Gasteiger partial charge in [0.05, 0.1) is 5.25 Å². The molecule has 112 valence electrons. The van der Waals surface area contributed by atoms with Crippen LogP contribution in [0.5, 0.6) is 0 Å². The number of hydrogen-bond donors (Lipinski definition) is 3. The molecule has 0 aliphatic rings. The Bertz CT molecular complexity index is 475. The SMILES string of the molecule is CCNC(=O)NC(=O)C(C)Sc1nnc(C)n1CCN. The van der Waals surface area contributed by atoms with Crippen molar-refractivity contribution in [2.45, 2.75) is 37.7 Å². The fraction of sp³-hybridized carbons (Fsp3) is 0.636. The van der Waals surface area contributed by atoms with Crippen LogP contribution in [0.3, 0.4) is 0 Å². The van der Waals surface area contributed by atoms with Gasteiger partial charge in [-0.05, 0) is 20.8 Å². The van der Waals surface area contributed by atoms with E-state index in [9.17, 15) is 9.59 Å². The van der Waals surface area contributed by atoms with Crippen LogP contribution in [0, 0.1) is 6.92 Å². The third-order valence-electron chi connectivity index (χ3n) is 2.48. The molecular weight excluding hydrogens is 280 g/mol. The zero-order valence-electron chi connectivity index (χ0n) is 11.8. The average molecular weight is 300 g/mol. The molecule has 0 aromatic carbocycles. The molecule has 0 saturated heterocycles. The number of carbonyl (C=O) groups is 2. The van der Waals surface area contributed by atoms with Crippen LogP contribution in [0.2, 0.25) is 0 Å². The summed E-state index contributed by atoms with van der Waals surface area (Å²) in [6, 6.07) is -0.496. The Kier molecular flexibility index (Phi) is 6.46. The third kappa shape index (κ3) is 4.49. The first-order chi connectivity index (χ1) is 9.49. The lowest BCUT2D eigenvalue weighted by atomic mass is 10.4. The fourth-order valence-corrected chi connectivity index (χ4v) is 2.39. The highest BCUT2D eigenvalue weighted by molar-refractivity contribution is 8.00. The lowest BCUT2D eigenvalue weighted by molar-refractivity contribution is -0.119. The minimum atomic E-state index is -0.496. The van der Waals surface area contributed by atoms with Gasteiger partial charge in [-0.3, -0.25) is 10.1 Å². The summed E-state index contributed by atoms with van der Waals surface area (Å²) >= 11 is 1.24. The van der Waals surface area contributed by atoms with E-state index in [4.69, 9.17) is 5.73 Å². The summed E-state index contributed by atoms with van der Waals surface area (Å²) in [5.41, 5.74) is 5.53. The summed E-state index contributed by atoms with van der Waals surface area (Å²) in [5, 5.41) is 12.9. The Morgan fingerprint density at radius 1 is 1.45 bits per heavy atom. The lowest BCUT2D eigenvalue weighted by Crippen LogP contribution is -2.42. The molecule has 3 amide bonds. The van der Waals surface area contributed by atoms with Gasteiger partial charge in [-0.1, -0.05) is 11.8 Å². The maximum absolute atomic E-state index is 11.8. The lowest BCUT2D eigenvalue weighted by Gasteiger charge is -2.12. The van der Waals surface area contributed by atoms with Crippen LogP contribution < -0.4 is 16.4 Å². The Labute approximate surface area is 121 Å². The van der Waals surface area contributed by atoms with Gasteiger partial charge < -0.3 is 15.6 Å². The molecule has 1 atom stereocenters. The molecule has 20 heavy (non-hydrogen) atoms. The van der Waals surface area contributed by atoms with Crippen LogP contribution in [0.1, 0.15) is 19.7 Å². The molecule has 8 nitrogen and oxygen atoms in total. The molecule has 0 bridgehead atoms. The van der Waals surface area contributed by atoms with Crippen molar-refractivity contribution in [2.24, 2.45) is 5.73 Å². The highest BCUT2D eigenvalue weighted by Crippen LogP contribution is 2.22. The smallest absolute Gasteiger partial charge is 0.321 e. The number of rotatable bonds is 6. The maximum Gasteiger partial charge on any atom is 0.321 e. The van der Waals surface area contributed by atoms with E-state index in [1.165, 1.54) is 11.8 Å². The minimum Gasteiger partial charge on any atom is -0.338 e. The molecule has 1 heterocycles. The zero-order chi connectivity index (χ0) is 15.1. The molecular formula is C11H20N6O2S. The third-order valence-corrected chi connectivity index (χ3v) is 3.56. The fourth-order valence-electron chi connectivity index (χ4n) is 1.47. The summed E-state index contributed by atoms with van der Waals surface area (Å²) in [5.74, 6) is 0.371. The van der Waals surface area contributed by atoms with Crippen molar-refractivity contribution in [2.75, 3.05) is 13.1 Å². The predicted octanol–water partition coefficient (Wildman–Crippen LogP) is -0.128. The molecule has 0 aliphatic heterocycles. The van der Waals surface area contributed by atoms with Gasteiger partial charge >= 0.3 is 6.03 Å². The number of thioether (sulfide) groups is 1. The van der Waals surface area contributed by atoms with E-state index in [-0.39, 0.29) is 5.91 Å². The van der Waals surface area contributed by atoms with E-state index in [1.807, 2.05) is 11.5 Å². The second-order valence-corrected chi connectivity index (χ2v) is 5.39. The number of aromatic nitrogens is 3. The number of aryl methyl sites for hydroxylation is 1. The van der Waals surface area contributed by atoms with Crippen LogP contribution >= 0.6 is 11.8 Å². The van der Waals surface area contributed by atoms with Crippen molar-refractivity contribution in [1.29, 1.82) is 0 Å². The molecule has 0 fully saturated rings. The number of nitrogens with one attached hydrogen (secondary N) is 2. The van der Waals surface area contributed by atoms with Crippen molar-refractivity contribution in [1.82, 2.24) is 25.4 Å². The molecule has 1 aromatic rings. The summed E-state index contributed by atoms with van der Waals surface area (Å²) < 4.78 is 1.85. The van der Waals surface area contributed by atoms with Gasteiger partial charge in [0.2, 0.25) is 5.91 Å². The van der Waals surface area contributed by atoms with E-state index >= 15 is 0 Å². The van der Waals surface area contributed by atoms with E-state index in [1.54, 1.807) is 13.8 Å². The summed E-state index contributed by atoms with van der Waals surface area (Å²) in [7, 11) is 0. The van der Waals surface area contributed by atoms with Gasteiger partial charge in [-0.25, -0.2) is 4.79 Å². The number of nitrogens with zero attached hydrogens (tertiary/aromatic N) is 3. The largest absolute Gasteiger partial charge is 0.338 e. The number of imide groups is 1. The zero-order valence-corrected chi connectivity index (χ0v) is 12.7. The number of hydrogen-bond acceptors (Lipinski definition) is 6. The number of carbonyl (C=O) groups excluding carboxylic acids is 2. The van der Waals surface area contributed by atoms with Crippen molar-refractivity contribution in [3.8, 4) is 0 Å². The topological polar surface area (TPSA) is 115 Å². The van der Waals surface area contributed by atoms with E-state index in [2.05, 4.69) is 20.8 Å². The molecule has 1 rings (SSSR count). The minimum absolute atomic E-state index is 0.374. The normalized spacial score (nSPS) is 12.0. The Morgan fingerprint density at radius 2 is 2.15 bits per heavy atom. The molecule has 0 saturated carbocycles. The van der Waals surface area contributed by atoms with Crippen molar-refractivity contribution < 1.29 is 9.59 Å². The molecule has 9 heteroatoms. The Balaban J connectivity index is 2.63. The summed E-state index contributed by atoms with van der Waals surface area (Å²) in [4.78, 5) is 23.1. The average Bonchev–Trinajstić information content (AvgIpc) is 2.72. The number of amides is 3. The van der Waals surface area contributed by atoms with Crippen LogP contribution in [-0.2, 0) is 11.3 Å². The van der Waals surface area contributed by atoms with Crippen molar-refractivity contribution >= 4 is 23.7 Å². The van der Waals surface area contributed by atoms with Crippen molar-refractivity contribution in [3.05, 3.63) is 5.82 Å². The summed E-state index contributed by atoms with van der Waals surface area (Å²) in [6.07, 6.45) is 0. The maximum atomic E-state index is 11.8. The number of nitrogens with two attached hydrogens (primary N) is 1. The number of urea groups is 1. The molecule has 1 unspecified atom stereocenters. The van der Waals surface area contributed by atoms with Crippen molar-refractivity contribution in [3.63, 3.8) is 0 Å². The Hall–Kier alpha value is -1.61. The van der Waals surface area contributed by atoms with Gasteiger partial charge in [0.25, 0.3) is 0 Å². The first-order valence-corrected chi connectivity index (χ1v) is 7.22. The van der Waals surface area contributed by atoms with Gasteiger partial charge in [-0.15, -0.1) is 10.2 Å².